The Bertz CT molecular complexity index is 230. The van der Waals surface area contributed by atoms with E-state index in [1.54, 1.807) is 0 Å². The summed E-state index contributed by atoms with van der Waals surface area (Å²) in [6, 6.07) is 0. The Balaban J connectivity index is 4.40. The van der Waals surface area contributed by atoms with Crippen LogP contribution in [0.3, 0.4) is 0 Å². The summed E-state index contributed by atoms with van der Waals surface area (Å²) in [5.41, 5.74) is -0.135. The minimum Gasteiger partial charge on any atom is -0.480 e. The van der Waals surface area contributed by atoms with Crippen molar-refractivity contribution in [1.29, 1.82) is 0 Å². The van der Waals surface area contributed by atoms with Crippen molar-refractivity contribution in [1.82, 2.24) is 4.90 Å². The van der Waals surface area contributed by atoms with Gasteiger partial charge in [0.15, 0.2) is 0 Å². The molecule has 0 aromatic rings. The highest BCUT2D eigenvalue weighted by molar-refractivity contribution is 5.83. The van der Waals surface area contributed by atoms with Crippen molar-refractivity contribution in [2.75, 3.05) is 13.6 Å². The zero-order valence-electron chi connectivity index (χ0n) is 9.50. The SMILES string of the molecule is CC(C(=O)N(C)CC(=O)O)C(C)(C)C. The molecule has 0 fully saturated rings. The standard InChI is InChI=1S/C10H19NO3/c1-7(10(2,3)4)9(14)11(5)6-8(12)13/h7H,6H2,1-5H3,(H,12,13). The smallest absolute Gasteiger partial charge is 0.323 e. The predicted molar refractivity (Wildman–Crippen MR) is 53.9 cm³/mol. The molecule has 0 radical (unpaired) electrons. The van der Waals surface area contributed by atoms with Gasteiger partial charge in [-0.3, -0.25) is 9.59 Å². The van der Waals surface area contributed by atoms with Crippen LogP contribution in [0.25, 0.3) is 0 Å². The number of hydrogen-bond acceptors (Lipinski definition) is 2. The molecule has 4 heteroatoms. The molecule has 0 heterocycles. The number of aliphatic carboxylic acids is 1. The summed E-state index contributed by atoms with van der Waals surface area (Å²) in [5, 5.41) is 8.52. The van der Waals surface area contributed by atoms with E-state index in [0.717, 1.165) is 0 Å². The van der Waals surface area contributed by atoms with Gasteiger partial charge in [-0.1, -0.05) is 27.7 Å². The fraction of sp³-hybridized carbons (Fsp3) is 0.800. The third-order valence-corrected chi connectivity index (χ3v) is 2.42. The number of carboxylic acids is 1. The highest BCUT2D eigenvalue weighted by Gasteiger charge is 2.29. The van der Waals surface area contributed by atoms with Crippen LogP contribution < -0.4 is 0 Å². The molecule has 0 saturated heterocycles. The van der Waals surface area contributed by atoms with Gasteiger partial charge in [-0.15, -0.1) is 0 Å². The third-order valence-electron chi connectivity index (χ3n) is 2.42. The molecular formula is C10H19NO3. The summed E-state index contributed by atoms with van der Waals surface area (Å²) in [6.07, 6.45) is 0. The average molecular weight is 201 g/mol. The highest BCUT2D eigenvalue weighted by Crippen LogP contribution is 2.26. The summed E-state index contributed by atoms with van der Waals surface area (Å²) < 4.78 is 0. The molecule has 0 aromatic heterocycles. The number of carbonyl (C=O) groups is 2. The lowest BCUT2D eigenvalue weighted by atomic mass is 9.81. The summed E-state index contributed by atoms with van der Waals surface area (Å²) in [4.78, 5) is 23.3. The first kappa shape index (κ1) is 12.9. The first-order valence-electron chi connectivity index (χ1n) is 4.63. The normalized spacial score (nSPS) is 13.5. The fourth-order valence-corrected chi connectivity index (χ4v) is 0.982. The molecule has 0 aliphatic rings. The van der Waals surface area contributed by atoms with Crippen LogP contribution in [-0.2, 0) is 9.59 Å². The molecule has 0 bridgehead atoms. The molecule has 1 amide bonds. The minimum absolute atomic E-state index is 0.125. The molecule has 14 heavy (non-hydrogen) atoms. The summed E-state index contributed by atoms with van der Waals surface area (Å²) in [7, 11) is 1.51. The van der Waals surface area contributed by atoms with E-state index in [4.69, 9.17) is 5.11 Å². The Labute approximate surface area is 84.9 Å². The molecule has 1 atom stereocenters. The topological polar surface area (TPSA) is 57.6 Å². The van der Waals surface area contributed by atoms with E-state index < -0.39 is 5.97 Å². The molecule has 0 aromatic carbocycles. The van der Waals surface area contributed by atoms with Crippen molar-refractivity contribution >= 4 is 11.9 Å². The number of likely N-dealkylation sites (N-methyl/N-ethyl adjacent to an activating group) is 1. The van der Waals surface area contributed by atoms with Gasteiger partial charge in [0.05, 0.1) is 0 Å². The summed E-state index contributed by atoms with van der Waals surface area (Å²) in [5.74, 6) is -1.28. The van der Waals surface area contributed by atoms with Crippen molar-refractivity contribution in [3.8, 4) is 0 Å². The van der Waals surface area contributed by atoms with Crippen LogP contribution in [0.2, 0.25) is 0 Å². The first-order valence-corrected chi connectivity index (χ1v) is 4.63. The molecule has 0 rings (SSSR count). The van der Waals surface area contributed by atoms with Gasteiger partial charge in [0.2, 0.25) is 5.91 Å². The maximum Gasteiger partial charge on any atom is 0.323 e. The number of amides is 1. The zero-order chi connectivity index (χ0) is 11.5. The lowest BCUT2D eigenvalue weighted by Crippen LogP contribution is -2.40. The van der Waals surface area contributed by atoms with Gasteiger partial charge in [-0.25, -0.2) is 0 Å². The Morgan fingerprint density at radius 3 is 2.07 bits per heavy atom. The molecule has 0 saturated carbocycles. The van der Waals surface area contributed by atoms with Crippen LogP contribution in [0.1, 0.15) is 27.7 Å². The molecular weight excluding hydrogens is 182 g/mol. The second-order valence-electron chi connectivity index (χ2n) is 4.68. The van der Waals surface area contributed by atoms with Crippen molar-refractivity contribution < 1.29 is 14.7 Å². The Morgan fingerprint density at radius 2 is 1.79 bits per heavy atom. The molecule has 1 N–H and O–H groups in total. The van der Waals surface area contributed by atoms with Crippen molar-refractivity contribution in [2.45, 2.75) is 27.7 Å². The largest absolute Gasteiger partial charge is 0.480 e. The summed E-state index contributed by atoms with van der Waals surface area (Å²) in [6.45, 7) is 7.47. The Hall–Kier alpha value is -1.06. The first-order chi connectivity index (χ1) is 6.16. The van der Waals surface area contributed by atoms with Gasteiger partial charge < -0.3 is 10.0 Å². The van der Waals surface area contributed by atoms with Crippen LogP contribution in [0.4, 0.5) is 0 Å². The number of hydrogen-bond donors (Lipinski definition) is 1. The molecule has 0 aliphatic carbocycles. The van der Waals surface area contributed by atoms with Crippen LogP contribution in [0, 0.1) is 11.3 Å². The molecule has 82 valence electrons. The predicted octanol–water partition coefficient (Wildman–Crippen LogP) is 1.21. The average Bonchev–Trinajstić information content (AvgIpc) is 1.98. The number of carboxylic acid groups (broad SMARTS) is 1. The van der Waals surface area contributed by atoms with Crippen LogP contribution in [0.15, 0.2) is 0 Å². The van der Waals surface area contributed by atoms with E-state index in [9.17, 15) is 9.59 Å². The van der Waals surface area contributed by atoms with Gasteiger partial charge >= 0.3 is 5.97 Å². The second kappa shape index (κ2) is 4.44. The summed E-state index contributed by atoms with van der Waals surface area (Å²) >= 11 is 0. The Kier molecular flexibility index (Phi) is 4.10. The monoisotopic (exact) mass is 201 g/mol. The maximum atomic E-state index is 11.7. The quantitative estimate of drug-likeness (QED) is 0.746. The molecule has 0 spiro atoms. The van der Waals surface area contributed by atoms with Crippen LogP contribution >= 0.6 is 0 Å². The lowest BCUT2D eigenvalue weighted by molar-refractivity contribution is -0.146. The molecule has 0 aliphatic heterocycles. The van der Waals surface area contributed by atoms with Gasteiger partial charge in [-0.2, -0.15) is 0 Å². The number of rotatable bonds is 3. The van der Waals surface area contributed by atoms with Crippen LogP contribution in [0.5, 0.6) is 0 Å². The third kappa shape index (κ3) is 3.77. The van der Waals surface area contributed by atoms with Crippen molar-refractivity contribution in [3.63, 3.8) is 0 Å². The van der Waals surface area contributed by atoms with Gasteiger partial charge in [0.1, 0.15) is 6.54 Å². The zero-order valence-corrected chi connectivity index (χ0v) is 9.50. The van der Waals surface area contributed by atoms with E-state index in [0.29, 0.717) is 0 Å². The van der Waals surface area contributed by atoms with E-state index in [2.05, 4.69) is 0 Å². The highest BCUT2D eigenvalue weighted by atomic mass is 16.4. The number of nitrogens with zero attached hydrogens (tertiary/aromatic N) is 1. The van der Waals surface area contributed by atoms with Crippen LogP contribution in [-0.4, -0.2) is 35.5 Å². The van der Waals surface area contributed by atoms with Crippen molar-refractivity contribution in [2.24, 2.45) is 11.3 Å². The van der Waals surface area contributed by atoms with Gasteiger partial charge in [0, 0.05) is 13.0 Å². The number of carbonyl (C=O) groups excluding carboxylic acids is 1. The van der Waals surface area contributed by atoms with Crippen molar-refractivity contribution in [3.05, 3.63) is 0 Å². The molecule has 4 nitrogen and oxygen atoms in total. The van der Waals surface area contributed by atoms with E-state index in [1.165, 1.54) is 11.9 Å². The molecule has 1 unspecified atom stereocenters. The fourth-order valence-electron chi connectivity index (χ4n) is 0.982. The van der Waals surface area contributed by atoms with Gasteiger partial charge in [-0.05, 0) is 5.41 Å². The lowest BCUT2D eigenvalue weighted by Gasteiger charge is -2.29. The van der Waals surface area contributed by atoms with E-state index in [-0.39, 0.29) is 23.8 Å². The van der Waals surface area contributed by atoms with E-state index in [1.807, 2.05) is 27.7 Å². The maximum absolute atomic E-state index is 11.7. The Morgan fingerprint density at radius 1 is 1.36 bits per heavy atom. The second-order valence-corrected chi connectivity index (χ2v) is 4.68. The minimum atomic E-state index is -0.984. The van der Waals surface area contributed by atoms with E-state index >= 15 is 0 Å². The van der Waals surface area contributed by atoms with Gasteiger partial charge in [0.25, 0.3) is 0 Å².